The minimum atomic E-state index is -3.77. The van der Waals surface area contributed by atoms with Gasteiger partial charge in [-0.15, -0.1) is 0 Å². The Morgan fingerprint density at radius 3 is 2.59 bits per heavy atom. The summed E-state index contributed by atoms with van der Waals surface area (Å²) in [6.07, 6.45) is 4.46. The quantitative estimate of drug-likeness (QED) is 0.313. The number of benzene rings is 2. The van der Waals surface area contributed by atoms with Crippen molar-refractivity contribution >= 4 is 33.7 Å². The van der Waals surface area contributed by atoms with Crippen LogP contribution in [0.25, 0.3) is 0 Å². The van der Waals surface area contributed by atoms with Crippen molar-refractivity contribution in [2.24, 2.45) is 5.10 Å². The van der Waals surface area contributed by atoms with E-state index in [4.69, 9.17) is 14.2 Å². The number of carbonyl (C=O) groups is 2. The van der Waals surface area contributed by atoms with Crippen molar-refractivity contribution in [1.82, 2.24) is 10.7 Å². The Labute approximate surface area is 216 Å². The maximum absolute atomic E-state index is 12.5. The zero-order valence-electron chi connectivity index (χ0n) is 21.1. The summed E-state index contributed by atoms with van der Waals surface area (Å²) in [4.78, 5) is 24.4. The van der Waals surface area contributed by atoms with Gasteiger partial charge in [-0.05, 0) is 67.3 Å². The number of ether oxygens (including phenoxy) is 3. The van der Waals surface area contributed by atoms with Crippen molar-refractivity contribution in [3.8, 4) is 11.5 Å². The molecule has 0 saturated carbocycles. The topological polar surface area (TPSA) is 136 Å². The van der Waals surface area contributed by atoms with Gasteiger partial charge in [0.1, 0.15) is 18.0 Å². The lowest BCUT2D eigenvalue weighted by Crippen LogP contribution is -2.39. The fraction of sp³-hybridized carbons (Fsp3) is 0.400. The standard InChI is InChI=1S/C25H32N4O7S/c1-18-6-11-23(34-2)22(13-18)29(37(3,32)33)16-24(30)28-27-14-19-7-9-20(10-8-19)36-17-25(31)26-15-21-5-4-12-35-21/h6-11,13-14,21H,4-5,12,15-17H2,1-3H3,(H,26,31)(H,28,30)/b27-14-/t21-/m0/s1. The molecule has 0 unspecified atom stereocenters. The number of hydrogen-bond donors (Lipinski definition) is 2. The normalized spacial score (nSPS) is 15.4. The third-order valence-electron chi connectivity index (χ3n) is 5.49. The zero-order valence-corrected chi connectivity index (χ0v) is 21.9. The molecule has 0 bridgehead atoms. The van der Waals surface area contributed by atoms with Crippen LogP contribution in [0.3, 0.4) is 0 Å². The Hall–Kier alpha value is -3.64. The van der Waals surface area contributed by atoms with E-state index in [-0.39, 0.29) is 24.3 Å². The lowest BCUT2D eigenvalue weighted by Gasteiger charge is -2.23. The van der Waals surface area contributed by atoms with E-state index in [9.17, 15) is 18.0 Å². The van der Waals surface area contributed by atoms with Crippen LogP contribution in [0.5, 0.6) is 11.5 Å². The summed E-state index contributed by atoms with van der Waals surface area (Å²) in [5.74, 6) is -0.0197. The fourth-order valence-corrected chi connectivity index (χ4v) is 4.46. The van der Waals surface area contributed by atoms with Gasteiger partial charge in [-0.25, -0.2) is 13.8 Å². The molecule has 37 heavy (non-hydrogen) atoms. The second kappa shape index (κ2) is 13.1. The Bertz CT molecular complexity index is 1210. The summed E-state index contributed by atoms with van der Waals surface area (Å²) in [6, 6.07) is 11.8. The van der Waals surface area contributed by atoms with Crippen molar-refractivity contribution in [2.45, 2.75) is 25.9 Å². The second-order valence-corrected chi connectivity index (χ2v) is 10.4. The molecule has 1 aliphatic heterocycles. The van der Waals surface area contributed by atoms with Crippen LogP contribution in [0.2, 0.25) is 0 Å². The minimum Gasteiger partial charge on any atom is -0.495 e. The molecule has 1 fully saturated rings. The highest BCUT2D eigenvalue weighted by atomic mass is 32.2. The van der Waals surface area contributed by atoms with Gasteiger partial charge in [-0.1, -0.05) is 6.07 Å². The molecule has 0 radical (unpaired) electrons. The van der Waals surface area contributed by atoms with Crippen LogP contribution in [0.4, 0.5) is 5.69 Å². The average Bonchev–Trinajstić information content (AvgIpc) is 3.38. The Balaban J connectivity index is 1.50. The third-order valence-corrected chi connectivity index (χ3v) is 6.62. The van der Waals surface area contributed by atoms with Crippen molar-refractivity contribution in [1.29, 1.82) is 0 Å². The van der Waals surface area contributed by atoms with Crippen molar-refractivity contribution in [3.05, 3.63) is 53.6 Å². The first-order chi connectivity index (χ1) is 17.7. The number of carbonyl (C=O) groups excluding carboxylic acids is 2. The van der Waals surface area contributed by atoms with Crippen LogP contribution in [-0.4, -0.2) is 72.2 Å². The third kappa shape index (κ3) is 8.76. The molecule has 2 N–H and O–H groups in total. The number of sulfonamides is 1. The molecule has 2 aromatic carbocycles. The van der Waals surface area contributed by atoms with E-state index in [1.165, 1.54) is 13.3 Å². The summed E-state index contributed by atoms with van der Waals surface area (Å²) in [6.45, 7) is 2.43. The number of nitrogens with zero attached hydrogens (tertiary/aromatic N) is 2. The van der Waals surface area contributed by atoms with Gasteiger partial charge in [-0.3, -0.25) is 13.9 Å². The fourth-order valence-electron chi connectivity index (χ4n) is 3.60. The first kappa shape index (κ1) is 27.9. The van der Waals surface area contributed by atoms with E-state index < -0.39 is 22.5 Å². The molecule has 1 aliphatic rings. The van der Waals surface area contributed by atoms with E-state index >= 15 is 0 Å². The Morgan fingerprint density at radius 2 is 1.95 bits per heavy atom. The van der Waals surface area contributed by atoms with Gasteiger partial charge in [0.2, 0.25) is 10.0 Å². The van der Waals surface area contributed by atoms with Gasteiger partial charge < -0.3 is 19.5 Å². The molecule has 12 heteroatoms. The number of methoxy groups -OCH3 is 1. The molecular formula is C25H32N4O7S. The van der Waals surface area contributed by atoms with Gasteiger partial charge in [0, 0.05) is 13.2 Å². The van der Waals surface area contributed by atoms with Crippen LogP contribution in [0.15, 0.2) is 47.6 Å². The predicted molar refractivity (Wildman–Crippen MR) is 140 cm³/mol. The van der Waals surface area contributed by atoms with Gasteiger partial charge in [0.25, 0.3) is 11.8 Å². The van der Waals surface area contributed by atoms with Gasteiger partial charge in [0.15, 0.2) is 6.61 Å². The smallest absolute Gasteiger partial charge is 0.260 e. The molecule has 2 amide bonds. The van der Waals surface area contributed by atoms with Gasteiger partial charge in [0.05, 0.1) is 31.4 Å². The number of aryl methyl sites for hydroxylation is 1. The maximum atomic E-state index is 12.5. The number of hydrogen-bond acceptors (Lipinski definition) is 8. The van der Waals surface area contributed by atoms with Gasteiger partial charge >= 0.3 is 0 Å². The highest BCUT2D eigenvalue weighted by Gasteiger charge is 2.24. The molecule has 3 rings (SSSR count). The van der Waals surface area contributed by atoms with Crippen LogP contribution in [-0.2, 0) is 24.3 Å². The molecule has 0 aliphatic carbocycles. The van der Waals surface area contributed by atoms with Crippen molar-refractivity contribution in [3.63, 3.8) is 0 Å². The highest BCUT2D eigenvalue weighted by Crippen LogP contribution is 2.30. The van der Waals surface area contributed by atoms with E-state index in [1.807, 2.05) is 6.92 Å². The highest BCUT2D eigenvalue weighted by molar-refractivity contribution is 7.92. The van der Waals surface area contributed by atoms with Crippen LogP contribution < -0.4 is 24.5 Å². The molecule has 1 saturated heterocycles. The summed E-state index contributed by atoms with van der Waals surface area (Å²) >= 11 is 0. The van der Waals surface area contributed by atoms with Crippen molar-refractivity contribution in [2.75, 3.05) is 44.0 Å². The minimum absolute atomic E-state index is 0.0721. The average molecular weight is 533 g/mol. The monoisotopic (exact) mass is 532 g/mol. The number of rotatable bonds is 12. The maximum Gasteiger partial charge on any atom is 0.260 e. The lowest BCUT2D eigenvalue weighted by atomic mass is 10.2. The van der Waals surface area contributed by atoms with Gasteiger partial charge in [-0.2, -0.15) is 5.10 Å². The molecule has 2 aromatic rings. The molecule has 1 heterocycles. The Kier molecular flexibility index (Phi) is 9.86. The first-order valence-corrected chi connectivity index (χ1v) is 13.6. The SMILES string of the molecule is COc1ccc(C)cc1N(CC(=O)N/N=C\c1ccc(OCC(=O)NC[C@@H]2CCCO2)cc1)S(C)(=O)=O. The predicted octanol–water partition coefficient (Wildman–Crippen LogP) is 1.59. The number of hydrazone groups is 1. The molecule has 0 aromatic heterocycles. The van der Waals surface area contributed by atoms with Crippen LogP contribution >= 0.6 is 0 Å². The van der Waals surface area contributed by atoms with Crippen molar-refractivity contribution < 1.29 is 32.2 Å². The van der Waals surface area contributed by atoms with E-state index in [2.05, 4.69) is 15.8 Å². The summed E-state index contributed by atoms with van der Waals surface area (Å²) < 4.78 is 41.9. The second-order valence-electron chi connectivity index (χ2n) is 8.53. The summed E-state index contributed by atoms with van der Waals surface area (Å²) in [7, 11) is -2.34. The van der Waals surface area contributed by atoms with E-state index in [1.54, 1.807) is 42.5 Å². The number of nitrogens with one attached hydrogen (secondary N) is 2. The lowest BCUT2D eigenvalue weighted by molar-refractivity contribution is -0.123. The molecule has 200 valence electrons. The summed E-state index contributed by atoms with van der Waals surface area (Å²) in [5, 5.41) is 6.69. The molecule has 0 spiro atoms. The zero-order chi connectivity index (χ0) is 26.8. The Morgan fingerprint density at radius 1 is 1.19 bits per heavy atom. The molecule has 11 nitrogen and oxygen atoms in total. The first-order valence-electron chi connectivity index (χ1n) is 11.7. The van der Waals surface area contributed by atoms with Crippen LogP contribution in [0.1, 0.15) is 24.0 Å². The van der Waals surface area contributed by atoms with Crippen LogP contribution in [0, 0.1) is 6.92 Å². The largest absolute Gasteiger partial charge is 0.495 e. The summed E-state index contributed by atoms with van der Waals surface area (Å²) in [5.41, 5.74) is 4.08. The number of anilines is 1. The molecule has 1 atom stereocenters. The van der Waals surface area contributed by atoms with E-state index in [0.717, 1.165) is 35.6 Å². The number of amides is 2. The van der Waals surface area contributed by atoms with E-state index in [0.29, 0.717) is 23.6 Å². The molecular weight excluding hydrogens is 500 g/mol.